The molecule has 0 aliphatic heterocycles. The van der Waals surface area contributed by atoms with Crippen LogP contribution in [-0.2, 0) is 16.6 Å². The van der Waals surface area contributed by atoms with Gasteiger partial charge in [0.15, 0.2) is 0 Å². The van der Waals surface area contributed by atoms with Gasteiger partial charge in [-0.05, 0) is 61.1 Å². The quantitative estimate of drug-likeness (QED) is 0.820. The number of carbonyl (C=O) groups excluding carboxylic acids is 1. The van der Waals surface area contributed by atoms with Gasteiger partial charge >= 0.3 is 0 Å². The van der Waals surface area contributed by atoms with Crippen LogP contribution in [0.2, 0.25) is 0 Å². The zero-order chi connectivity index (χ0) is 19.0. The number of ether oxygens (including phenoxy) is 1. The maximum atomic E-state index is 13.7. The Morgan fingerprint density at radius 1 is 1.44 bits per heavy atom. The number of hydrogen-bond donors (Lipinski definition) is 2. The highest BCUT2D eigenvalue weighted by molar-refractivity contribution is 5.85. The minimum absolute atomic E-state index is 0.0972. The van der Waals surface area contributed by atoms with Crippen molar-refractivity contribution in [3.05, 3.63) is 59.0 Å². The Labute approximate surface area is 157 Å². The molecule has 2 aliphatic carbocycles. The van der Waals surface area contributed by atoms with Crippen LogP contribution in [-0.4, -0.2) is 29.2 Å². The number of hydrogen-bond acceptors (Lipinski definition) is 4. The average Bonchev–Trinajstić information content (AvgIpc) is 3.31. The fourth-order valence-corrected chi connectivity index (χ4v) is 4.28. The molecule has 6 heteroatoms. The van der Waals surface area contributed by atoms with E-state index in [2.05, 4.69) is 10.3 Å². The summed E-state index contributed by atoms with van der Waals surface area (Å²) in [5, 5.41) is 12.7. The molecule has 1 aromatic carbocycles. The molecule has 2 aromatic rings. The van der Waals surface area contributed by atoms with E-state index in [0.29, 0.717) is 12.5 Å². The minimum Gasteiger partial charge on any atom is -0.478 e. The number of aliphatic hydroxyl groups excluding tert-OH is 1. The average molecular weight is 370 g/mol. The summed E-state index contributed by atoms with van der Waals surface area (Å²) >= 11 is 0. The Bertz CT molecular complexity index is 855. The van der Waals surface area contributed by atoms with E-state index in [0.717, 1.165) is 36.0 Å². The third-order valence-electron chi connectivity index (χ3n) is 5.79. The molecule has 3 atom stereocenters. The number of fused-ring (bicyclic) bond motifs is 2. The van der Waals surface area contributed by atoms with Crippen LogP contribution in [0.3, 0.4) is 0 Å². The molecule has 27 heavy (non-hydrogen) atoms. The van der Waals surface area contributed by atoms with E-state index in [1.807, 2.05) is 13.0 Å². The monoisotopic (exact) mass is 370 g/mol. The van der Waals surface area contributed by atoms with Gasteiger partial charge in [-0.25, -0.2) is 9.37 Å². The van der Waals surface area contributed by atoms with Gasteiger partial charge in [-0.2, -0.15) is 0 Å². The summed E-state index contributed by atoms with van der Waals surface area (Å²) in [6.45, 7) is 2.19. The summed E-state index contributed by atoms with van der Waals surface area (Å²) in [5.74, 6) is -0.0184. The normalized spacial score (nSPS) is 23.7. The number of pyridine rings is 1. The van der Waals surface area contributed by atoms with Crippen LogP contribution in [0, 0.1) is 11.7 Å². The lowest BCUT2D eigenvalue weighted by Gasteiger charge is -2.18. The number of aliphatic hydroxyl groups is 1. The molecular weight excluding hydrogens is 347 g/mol. The predicted molar refractivity (Wildman–Crippen MR) is 97.9 cm³/mol. The molecule has 1 spiro atoms. The highest BCUT2D eigenvalue weighted by Crippen LogP contribution is 2.61. The Morgan fingerprint density at radius 2 is 2.30 bits per heavy atom. The molecule has 0 radical (unpaired) electrons. The summed E-state index contributed by atoms with van der Waals surface area (Å²) in [5.41, 5.74) is 2.60. The number of benzene rings is 1. The zero-order valence-electron chi connectivity index (χ0n) is 15.2. The fraction of sp³-hybridized carbons (Fsp3) is 0.429. The Balaban J connectivity index is 1.46. The van der Waals surface area contributed by atoms with Crippen molar-refractivity contribution < 1.29 is 19.0 Å². The van der Waals surface area contributed by atoms with Crippen molar-refractivity contribution >= 4 is 5.91 Å². The first-order valence-corrected chi connectivity index (χ1v) is 9.36. The van der Waals surface area contributed by atoms with E-state index in [1.54, 1.807) is 24.4 Å². The number of rotatable bonds is 6. The summed E-state index contributed by atoms with van der Waals surface area (Å²) in [7, 11) is 0. The summed E-state index contributed by atoms with van der Waals surface area (Å²) in [4.78, 5) is 17.0. The number of aromatic nitrogens is 1. The summed E-state index contributed by atoms with van der Waals surface area (Å²) in [6, 6.07) is 7.89. The maximum Gasteiger partial charge on any atom is 0.224 e. The first kappa shape index (κ1) is 17.9. The molecule has 0 saturated heterocycles. The molecule has 1 amide bonds. The zero-order valence-corrected chi connectivity index (χ0v) is 15.2. The number of halogens is 1. The summed E-state index contributed by atoms with van der Waals surface area (Å²) < 4.78 is 19.0. The molecule has 5 nitrogen and oxygen atoms in total. The van der Waals surface area contributed by atoms with Gasteiger partial charge in [0.05, 0.1) is 19.3 Å². The van der Waals surface area contributed by atoms with Crippen molar-refractivity contribution in [2.45, 2.75) is 37.6 Å². The van der Waals surface area contributed by atoms with Gasteiger partial charge in [-0.3, -0.25) is 4.79 Å². The van der Waals surface area contributed by atoms with Crippen LogP contribution in [0.1, 0.15) is 42.5 Å². The van der Waals surface area contributed by atoms with Crippen LogP contribution >= 0.6 is 0 Å². The van der Waals surface area contributed by atoms with Gasteiger partial charge in [-0.15, -0.1) is 0 Å². The van der Waals surface area contributed by atoms with Crippen molar-refractivity contribution in [1.29, 1.82) is 0 Å². The van der Waals surface area contributed by atoms with Gasteiger partial charge < -0.3 is 15.2 Å². The molecular formula is C21H23FN2O3. The summed E-state index contributed by atoms with van der Waals surface area (Å²) in [6.07, 6.45) is 4.09. The molecule has 0 bridgehead atoms. The minimum atomic E-state index is -0.522. The van der Waals surface area contributed by atoms with E-state index in [4.69, 9.17) is 4.74 Å². The molecule has 2 N–H and O–H groups in total. The SMILES string of the molecule is CCOc1ccc([C@H](CO)NC(=O)C2CC23CCc2ccc(F)cc23)cn1. The molecule has 2 aliphatic rings. The smallest absolute Gasteiger partial charge is 0.224 e. The first-order chi connectivity index (χ1) is 13.1. The van der Waals surface area contributed by atoms with Crippen LogP contribution in [0.4, 0.5) is 4.39 Å². The number of aryl methyl sites for hydroxylation is 1. The van der Waals surface area contributed by atoms with E-state index in [-0.39, 0.29) is 29.7 Å². The van der Waals surface area contributed by atoms with Gasteiger partial charge in [-0.1, -0.05) is 6.07 Å². The van der Waals surface area contributed by atoms with E-state index in [1.165, 1.54) is 6.07 Å². The molecule has 1 heterocycles. The molecule has 1 fully saturated rings. The highest BCUT2D eigenvalue weighted by atomic mass is 19.1. The van der Waals surface area contributed by atoms with Gasteiger partial charge in [0.1, 0.15) is 5.82 Å². The number of carbonyl (C=O) groups is 1. The predicted octanol–water partition coefficient (Wildman–Crippen LogP) is 2.67. The molecule has 142 valence electrons. The Hall–Kier alpha value is -2.47. The standard InChI is InChI=1S/C21H23FN2O3/c1-2-27-19-6-4-14(11-23-19)18(12-25)24-20(26)17-10-21(17)8-7-13-3-5-15(22)9-16(13)21/h3-6,9,11,17-18,25H,2,7-8,10,12H2,1H3,(H,24,26)/t17?,18-,21?/m0/s1. The lowest BCUT2D eigenvalue weighted by atomic mass is 9.95. The molecule has 1 saturated carbocycles. The van der Waals surface area contributed by atoms with Crippen molar-refractivity contribution in [2.75, 3.05) is 13.2 Å². The Morgan fingerprint density at radius 3 is 3.00 bits per heavy atom. The lowest BCUT2D eigenvalue weighted by Crippen LogP contribution is -2.33. The van der Waals surface area contributed by atoms with Crippen molar-refractivity contribution in [3.8, 4) is 5.88 Å². The van der Waals surface area contributed by atoms with Crippen molar-refractivity contribution in [2.24, 2.45) is 5.92 Å². The van der Waals surface area contributed by atoms with Crippen LogP contribution < -0.4 is 10.1 Å². The Kier molecular flexibility index (Phi) is 4.60. The van der Waals surface area contributed by atoms with Gasteiger partial charge in [0.2, 0.25) is 11.8 Å². The third-order valence-corrected chi connectivity index (χ3v) is 5.79. The van der Waals surface area contributed by atoms with Gasteiger partial charge in [0, 0.05) is 23.6 Å². The number of nitrogens with one attached hydrogen (secondary N) is 1. The second kappa shape index (κ2) is 6.93. The maximum absolute atomic E-state index is 13.7. The van der Waals surface area contributed by atoms with E-state index < -0.39 is 6.04 Å². The van der Waals surface area contributed by atoms with Crippen molar-refractivity contribution in [3.63, 3.8) is 0 Å². The van der Waals surface area contributed by atoms with Crippen LogP contribution in [0.5, 0.6) is 5.88 Å². The lowest BCUT2D eigenvalue weighted by molar-refractivity contribution is -0.123. The van der Waals surface area contributed by atoms with Crippen LogP contribution in [0.25, 0.3) is 0 Å². The largest absolute Gasteiger partial charge is 0.478 e. The first-order valence-electron chi connectivity index (χ1n) is 9.36. The highest BCUT2D eigenvalue weighted by Gasteiger charge is 2.61. The van der Waals surface area contributed by atoms with Crippen molar-refractivity contribution in [1.82, 2.24) is 10.3 Å². The molecule has 4 rings (SSSR count). The van der Waals surface area contributed by atoms with Gasteiger partial charge in [0.25, 0.3) is 0 Å². The second-order valence-corrected chi connectivity index (χ2v) is 7.32. The fourth-order valence-electron chi connectivity index (χ4n) is 4.28. The number of amides is 1. The van der Waals surface area contributed by atoms with E-state index >= 15 is 0 Å². The number of nitrogens with zero attached hydrogens (tertiary/aromatic N) is 1. The molecule has 1 aromatic heterocycles. The molecule has 2 unspecified atom stereocenters. The van der Waals surface area contributed by atoms with E-state index in [9.17, 15) is 14.3 Å². The topological polar surface area (TPSA) is 71.5 Å². The third kappa shape index (κ3) is 3.18. The second-order valence-electron chi connectivity index (χ2n) is 7.32. The van der Waals surface area contributed by atoms with Crippen LogP contribution in [0.15, 0.2) is 36.5 Å².